The highest BCUT2D eigenvalue weighted by Crippen LogP contribution is 2.51. The summed E-state index contributed by atoms with van der Waals surface area (Å²) in [5.41, 5.74) is 3.60. The summed E-state index contributed by atoms with van der Waals surface area (Å²) in [4.78, 5) is 13.7. The largest absolute Gasteiger partial charge is 0.464 e. The maximum atomic E-state index is 12.4. The predicted octanol–water partition coefficient (Wildman–Crippen LogP) is 5.73. The molecule has 16 nitrogen and oxygen atoms in total. The smallest absolute Gasteiger partial charge is 0.294 e. The van der Waals surface area contributed by atoms with Crippen LogP contribution in [0.2, 0.25) is 0 Å². The third kappa shape index (κ3) is 17.4. The van der Waals surface area contributed by atoms with E-state index in [2.05, 4.69) is 20.6 Å². The summed E-state index contributed by atoms with van der Waals surface area (Å²) in [5.74, 6) is 0.744. The van der Waals surface area contributed by atoms with Gasteiger partial charge in [0.15, 0.2) is 0 Å². The average Bonchev–Trinajstić information content (AvgIpc) is 3.51. The first kappa shape index (κ1) is 53.8. The van der Waals surface area contributed by atoms with E-state index in [0.717, 1.165) is 52.7 Å². The summed E-state index contributed by atoms with van der Waals surface area (Å²) >= 11 is 0. The van der Waals surface area contributed by atoms with Crippen LogP contribution in [0.3, 0.4) is 0 Å². The van der Waals surface area contributed by atoms with Crippen LogP contribution in [0.15, 0.2) is 75.9 Å². The zero-order chi connectivity index (χ0) is 47.1. The van der Waals surface area contributed by atoms with E-state index in [1.54, 1.807) is 32.4 Å². The Balaban J connectivity index is 1.50. The number of anilines is 1. The number of benzene rings is 2. The summed E-state index contributed by atoms with van der Waals surface area (Å²) in [6.07, 6.45) is 11.5. The normalized spacial score (nSPS) is 16.6. The van der Waals surface area contributed by atoms with Gasteiger partial charge in [0.1, 0.15) is 24.6 Å². The second-order valence-electron chi connectivity index (χ2n) is 15.8. The van der Waals surface area contributed by atoms with E-state index < -0.39 is 25.7 Å². The predicted molar refractivity (Wildman–Crippen MR) is 249 cm³/mol. The summed E-state index contributed by atoms with van der Waals surface area (Å²) < 4.78 is 105. The molecule has 1 unspecified atom stereocenters. The number of unbranched alkanes of at least 4 members (excludes halogenated alkanes) is 2. The molecule has 1 aromatic carbocycles. The molecule has 0 fully saturated rings. The van der Waals surface area contributed by atoms with Gasteiger partial charge in [-0.1, -0.05) is 18.6 Å². The number of Topliss-reactive ketones (excluding diaryl/α,β-unsaturated/α-hetero) is 1. The lowest BCUT2D eigenvalue weighted by molar-refractivity contribution is -0.117. The zero-order valence-corrected chi connectivity index (χ0v) is 40.3. The Morgan fingerprint density at radius 2 is 1.46 bits per heavy atom. The molecular weight excluding hydrogens is 881 g/mol. The average molecular weight is 950 g/mol. The minimum absolute atomic E-state index is 0.0735. The van der Waals surface area contributed by atoms with Crippen LogP contribution in [-0.4, -0.2) is 139 Å². The van der Waals surface area contributed by atoms with Crippen LogP contribution in [0, 0.1) is 0 Å². The van der Waals surface area contributed by atoms with Crippen molar-refractivity contribution in [1.82, 2.24) is 4.58 Å². The number of allylic oxidation sites excluding steroid dienone is 3. The van der Waals surface area contributed by atoms with Gasteiger partial charge in [-0.3, -0.25) is 8.74 Å². The van der Waals surface area contributed by atoms with E-state index in [9.17, 15) is 26.2 Å². The molecule has 0 radical (unpaired) electrons. The number of nitrogens with zero attached hydrogens (tertiary/aromatic N) is 2. The molecule has 65 heavy (non-hydrogen) atoms. The number of hydrogen-bond donors (Lipinski definition) is 1. The summed E-state index contributed by atoms with van der Waals surface area (Å²) in [6, 6.07) is 12.6. The monoisotopic (exact) mass is 949 g/mol. The van der Waals surface area contributed by atoms with Crippen molar-refractivity contribution in [2.75, 3.05) is 117 Å². The van der Waals surface area contributed by atoms with Crippen molar-refractivity contribution in [3.8, 4) is 11.3 Å². The Morgan fingerprint density at radius 3 is 2.06 bits per heavy atom. The van der Waals surface area contributed by atoms with Gasteiger partial charge in [0.05, 0.1) is 96.2 Å². The molecule has 0 spiro atoms. The first-order chi connectivity index (χ1) is 31.2. The molecule has 2 aliphatic heterocycles. The van der Waals surface area contributed by atoms with Crippen LogP contribution < -0.4 is 14.8 Å². The second-order valence-corrected chi connectivity index (χ2v) is 19.1. The fourth-order valence-corrected chi connectivity index (χ4v) is 8.76. The van der Waals surface area contributed by atoms with E-state index in [1.165, 1.54) is 13.2 Å². The van der Waals surface area contributed by atoms with Crippen molar-refractivity contribution < 1.29 is 63.2 Å². The van der Waals surface area contributed by atoms with Crippen molar-refractivity contribution in [3.05, 3.63) is 83.1 Å². The molecule has 0 bridgehead atoms. The van der Waals surface area contributed by atoms with Crippen LogP contribution in [0.25, 0.3) is 17.4 Å². The quantitative estimate of drug-likeness (QED) is 0.0337. The van der Waals surface area contributed by atoms with Gasteiger partial charge in [0.25, 0.3) is 20.2 Å². The summed E-state index contributed by atoms with van der Waals surface area (Å²) in [5, 5.41) is 0.904. The highest BCUT2D eigenvalue weighted by Gasteiger charge is 2.43. The van der Waals surface area contributed by atoms with E-state index >= 15 is 0 Å². The number of methoxy groups -OCH3 is 1. The molecular formula is C47H69N2O14S2+. The standard InChI is InChI=1S/C47H68N2O14S2/c1-6-48(21-11-35-64(51,52)57-5)40-15-17-42-39(19-23-63-45(42)36-40)13-10-14-46-47(3,20-24-58-27-28-60-31-32-62-34-33-61-30-29-59-26-25-56-4)43-37-41(65(53,54)55)16-18-44(43)49(46)22-9-7-8-12-38(2)50/h10,13-19,23,36-37H,6-9,11-12,20-22,24-35H2,1-5H3/p+1. The number of hydrogen-bond acceptors (Lipinski definition) is 14. The van der Waals surface area contributed by atoms with Crippen LogP contribution in [0.1, 0.15) is 70.4 Å². The van der Waals surface area contributed by atoms with Crippen molar-refractivity contribution in [1.29, 1.82) is 0 Å². The summed E-state index contributed by atoms with van der Waals surface area (Å²) in [6.45, 7) is 12.3. The third-order valence-electron chi connectivity index (χ3n) is 11.2. The molecule has 0 saturated carbocycles. The highest BCUT2D eigenvalue weighted by atomic mass is 32.2. The number of rotatable bonds is 33. The van der Waals surface area contributed by atoms with Crippen LogP contribution >= 0.6 is 0 Å². The van der Waals surface area contributed by atoms with E-state index in [0.29, 0.717) is 117 Å². The number of ketones is 1. The Labute approximate surface area is 385 Å². The Bertz CT molecular complexity index is 2260. The van der Waals surface area contributed by atoms with Gasteiger partial charge in [0.2, 0.25) is 5.36 Å². The SMILES string of the molecule is CC[N+](CCCS(=O)(=O)OC)=c1ccc2c(/C=C/C=C3/N(CCCCCC(C)=O)c4ccc(S(=O)(=O)O)cc4C3(C)CCOCCOCCOCCOCCOCCOC)ccoc-2c1. The maximum absolute atomic E-state index is 12.4. The van der Waals surface area contributed by atoms with Crippen molar-refractivity contribution in [2.45, 2.75) is 69.6 Å². The number of carbonyl (C=O) groups is 1. The molecule has 362 valence electrons. The first-order valence-electron chi connectivity index (χ1n) is 22.3. The lowest BCUT2D eigenvalue weighted by Crippen LogP contribution is -2.31. The van der Waals surface area contributed by atoms with E-state index in [1.807, 2.05) is 49.4 Å². The minimum atomic E-state index is -4.49. The molecule has 4 rings (SSSR count). The second kappa shape index (κ2) is 27.7. The fraction of sp³-hybridized carbons (Fsp3) is 0.574. The van der Waals surface area contributed by atoms with Gasteiger partial charge in [-0.05, 0) is 87.6 Å². The van der Waals surface area contributed by atoms with Gasteiger partial charge in [-0.25, -0.2) is 4.58 Å². The number of carbonyl (C=O) groups excluding carboxylic acids is 1. The molecule has 3 aliphatic rings. The lowest BCUT2D eigenvalue weighted by Gasteiger charge is -2.30. The van der Waals surface area contributed by atoms with Crippen molar-refractivity contribution in [2.24, 2.45) is 0 Å². The molecule has 1 N–H and O–H groups in total. The Kier molecular flexibility index (Phi) is 22.9. The van der Waals surface area contributed by atoms with Gasteiger partial charge in [0, 0.05) is 61.5 Å². The van der Waals surface area contributed by atoms with E-state index in [4.69, 9.17) is 32.8 Å². The molecule has 0 saturated heterocycles. The van der Waals surface area contributed by atoms with Crippen LogP contribution in [-0.2, 0) is 63.1 Å². The van der Waals surface area contributed by atoms with Gasteiger partial charge in [-0.15, -0.1) is 0 Å². The maximum Gasteiger partial charge on any atom is 0.294 e. The summed E-state index contributed by atoms with van der Waals surface area (Å²) in [7, 11) is -5.24. The number of ether oxygens (including phenoxy) is 6. The molecule has 2 heterocycles. The first-order valence-corrected chi connectivity index (χ1v) is 25.3. The Morgan fingerprint density at radius 1 is 0.815 bits per heavy atom. The van der Waals surface area contributed by atoms with Crippen LogP contribution in [0.5, 0.6) is 0 Å². The van der Waals surface area contributed by atoms with Gasteiger partial charge in [-0.2, -0.15) is 16.8 Å². The third-order valence-corrected chi connectivity index (χ3v) is 13.3. The zero-order valence-electron chi connectivity index (χ0n) is 38.7. The van der Waals surface area contributed by atoms with Crippen molar-refractivity contribution in [3.63, 3.8) is 0 Å². The molecule has 0 aromatic heterocycles. The van der Waals surface area contributed by atoms with Gasteiger partial charge >= 0.3 is 0 Å². The lowest BCUT2D eigenvalue weighted by atomic mass is 9.78. The highest BCUT2D eigenvalue weighted by molar-refractivity contribution is 7.86. The van der Waals surface area contributed by atoms with Crippen LogP contribution in [0.4, 0.5) is 5.69 Å². The number of fused-ring (bicyclic) bond motifs is 2. The Hall–Kier alpha value is -3.82. The molecule has 1 aliphatic carbocycles. The topological polar surface area (TPSA) is 190 Å². The fourth-order valence-electron chi connectivity index (χ4n) is 7.60. The molecule has 18 heteroatoms. The molecule has 1 atom stereocenters. The van der Waals surface area contributed by atoms with Crippen molar-refractivity contribution >= 4 is 37.8 Å². The molecule has 0 amide bonds. The van der Waals surface area contributed by atoms with E-state index in [-0.39, 0.29) is 16.4 Å². The minimum Gasteiger partial charge on any atom is -0.464 e. The molecule has 1 aromatic rings. The van der Waals surface area contributed by atoms with Gasteiger partial charge < -0.3 is 42.5 Å².